The molecule has 0 bridgehead atoms. The molecule has 4 heterocycles. The van der Waals surface area contributed by atoms with Crippen LogP contribution in [0.4, 0.5) is 8.78 Å². The summed E-state index contributed by atoms with van der Waals surface area (Å²) in [7, 11) is 0.861. The first kappa shape index (κ1) is 28.6. The Morgan fingerprint density at radius 1 is 1.00 bits per heavy atom. The molecule has 1 atom stereocenters. The minimum Gasteiger partial charge on any atom is -0.369 e. The van der Waals surface area contributed by atoms with Gasteiger partial charge in [-0.3, -0.25) is 14.7 Å². The van der Waals surface area contributed by atoms with Crippen molar-refractivity contribution in [2.75, 3.05) is 71.4 Å². The van der Waals surface area contributed by atoms with Gasteiger partial charge in [-0.05, 0) is 36.9 Å². The Kier molecular flexibility index (Phi) is 7.71. The molecule has 2 fully saturated rings. The molecular formula is C30H34F2N6O3S. The third kappa shape index (κ3) is 5.75. The van der Waals surface area contributed by atoms with Crippen molar-refractivity contribution in [1.82, 2.24) is 29.6 Å². The van der Waals surface area contributed by atoms with Gasteiger partial charge in [-0.2, -0.15) is 0 Å². The molecule has 42 heavy (non-hydrogen) atoms. The van der Waals surface area contributed by atoms with Crippen molar-refractivity contribution in [2.45, 2.75) is 12.5 Å². The zero-order chi connectivity index (χ0) is 29.6. The van der Waals surface area contributed by atoms with Crippen LogP contribution < -0.4 is 0 Å². The Morgan fingerprint density at radius 2 is 1.69 bits per heavy atom. The number of fused-ring (bicyclic) bond motifs is 1. The van der Waals surface area contributed by atoms with Gasteiger partial charge in [0.05, 0.1) is 33.9 Å². The van der Waals surface area contributed by atoms with E-state index < -0.39 is 21.5 Å². The molecule has 0 aliphatic carbocycles. The third-order valence-electron chi connectivity index (χ3n) is 8.49. The van der Waals surface area contributed by atoms with E-state index in [9.17, 15) is 13.2 Å². The van der Waals surface area contributed by atoms with Crippen molar-refractivity contribution in [3.05, 3.63) is 71.2 Å². The van der Waals surface area contributed by atoms with E-state index in [0.717, 1.165) is 13.1 Å². The van der Waals surface area contributed by atoms with Crippen LogP contribution in [-0.2, 0) is 21.2 Å². The van der Waals surface area contributed by atoms with Gasteiger partial charge in [-0.1, -0.05) is 12.1 Å². The smallest absolute Gasteiger partial charge is 0.269 e. The maximum absolute atomic E-state index is 15.3. The van der Waals surface area contributed by atoms with Gasteiger partial charge in [0.2, 0.25) is 0 Å². The Hall–Kier alpha value is -3.48. The molecule has 6 rings (SSSR count). The second-order valence-electron chi connectivity index (χ2n) is 11.4. The molecule has 2 saturated heterocycles. The lowest BCUT2D eigenvalue weighted by atomic mass is 10.00. The Bertz CT molecular complexity index is 1640. The van der Waals surface area contributed by atoms with Gasteiger partial charge < -0.3 is 14.7 Å². The molecule has 9 nitrogen and oxygen atoms in total. The van der Waals surface area contributed by atoms with E-state index >= 15 is 8.78 Å². The van der Waals surface area contributed by atoms with Crippen molar-refractivity contribution >= 4 is 26.8 Å². The van der Waals surface area contributed by atoms with E-state index in [1.165, 1.54) is 12.1 Å². The maximum atomic E-state index is 15.3. The number of amides is 1. The summed E-state index contributed by atoms with van der Waals surface area (Å²) in [5, 5.41) is 0. The average Bonchev–Trinajstić information content (AvgIpc) is 3.36. The van der Waals surface area contributed by atoms with Crippen molar-refractivity contribution in [2.24, 2.45) is 0 Å². The van der Waals surface area contributed by atoms with Gasteiger partial charge in [0.15, 0.2) is 9.84 Å². The highest BCUT2D eigenvalue weighted by molar-refractivity contribution is 7.91. The summed E-state index contributed by atoms with van der Waals surface area (Å²) in [6.07, 6.45) is 3.65. The predicted octanol–water partition coefficient (Wildman–Crippen LogP) is 2.49. The highest BCUT2D eigenvalue weighted by atomic mass is 32.2. The number of hydrogen-bond acceptors (Lipinski definition) is 8. The molecule has 2 aromatic carbocycles. The number of rotatable bonds is 5. The Labute approximate surface area is 244 Å². The largest absolute Gasteiger partial charge is 0.369 e. The van der Waals surface area contributed by atoms with E-state index in [1.807, 2.05) is 22.9 Å². The van der Waals surface area contributed by atoms with E-state index in [2.05, 4.69) is 16.9 Å². The number of para-hydroxylation sites is 1. The van der Waals surface area contributed by atoms with Crippen molar-refractivity contribution < 1.29 is 22.0 Å². The van der Waals surface area contributed by atoms with Crippen LogP contribution in [0.25, 0.3) is 22.2 Å². The van der Waals surface area contributed by atoms with Crippen LogP contribution in [0.3, 0.4) is 0 Å². The molecule has 1 unspecified atom stereocenters. The minimum absolute atomic E-state index is 0.00364. The average molecular weight is 597 g/mol. The number of hydrogen-bond donors (Lipinski definition) is 0. The first-order valence-electron chi connectivity index (χ1n) is 14.2. The quantitative estimate of drug-likeness (QED) is 0.444. The highest BCUT2D eigenvalue weighted by Gasteiger charge is 2.31. The van der Waals surface area contributed by atoms with E-state index in [0.29, 0.717) is 53.2 Å². The van der Waals surface area contributed by atoms with Crippen molar-refractivity contribution in [3.63, 3.8) is 0 Å². The predicted molar refractivity (Wildman–Crippen MR) is 156 cm³/mol. The zero-order valence-electron chi connectivity index (χ0n) is 23.8. The molecule has 3 aliphatic heterocycles. The summed E-state index contributed by atoms with van der Waals surface area (Å²) in [6, 6.07) is 7.96. The Balaban J connectivity index is 1.27. The molecule has 3 aromatic rings. The summed E-state index contributed by atoms with van der Waals surface area (Å²) in [5.41, 5.74) is 3.27. The number of benzene rings is 2. The lowest BCUT2D eigenvalue weighted by Crippen LogP contribution is -2.48. The highest BCUT2D eigenvalue weighted by Crippen LogP contribution is 2.33. The third-order valence-corrected chi connectivity index (χ3v) is 10.1. The molecule has 3 aliphatic rings. The molecule has 0 radical (unpaired) electrons. The topological polar surface area (TPSA) is 89.9 Å². The zero-order valence-corrected chi connectivity index (χ0v) is 24.6. The van der Waals surface area contributed by atoms with E-state index in [-0.39, 0.29) is 48.5 Å². The number of nitrogens with zero attached hydrogens (tertiary/aromatic N) is 6. The van der Waals surface area contributed by atoms with Gasteiger partial charge in [0.25, 0.3) is 5.91 Å². The number of carbonyl (C=O) groups excluding carboxylic acids is 1. The molecule has 0 saturated carbocycles. The monoisotopic (exact) mass is 596 g/mol. The standard InChI is InChI=1S/C30H34F2N6O3S/c1-35-6-8-38(9-7-35)30(39)28-16-21(18-36(28)2)27-17-33-26-5-3-4-22(29(26)34-27)20-14-24(31)23(25(32)15-20)19-37-10-12-42(40,41)13-11-37/h3-5,14-17,21H,6-13,18-19H2,1-2H3. The Morgan fingerprint density at radius 3 is 2.38 bits per heavy atom. The van der Waals surface area contributed by atoms with Crippen LogP contribution in [0.15, 0.2) is 48.3 Å². The van der Waals surface area contributed by atoms with Crippen LogP contribution in [0.2, 0.25) is 0 Å². The molecule has 222 valence electrons. The molecule has 0 spiro atoms. The van der Waals surface area contributed by atoms with Gasteiger partial charge in [-0.15, -0.1) is 0 Å². The van der Waals surface area contributed by atoms with Gasteiger partial charge >= 0.3 is 0 Å². The van der Waals surface area contributed by atoms with Gasteiger partial charge in [0, 0.05) is 82.6 Å². The number of aromatic nitrogens is 2. The molecule has 0 N–H and O–H groups in total. The first-order chi connectivity index (χ1) is 20.1. The number of carbonyl (C=O) groups is 1. The van der Waals surface area contributed by atoms with E-state index in [1.54, 1.807) is 29.3 Å². The van der Waals surface area contributed by atoms with Crippen LogP contribution in [0.5, 0.6) is 0 Å². The fourth-order valence-corrected chi connectivity index (χ4v) is 7.13. The number of halogens is 2. The summed E-state index contributed by atoms with van der Waals surface area (Å²) >= 11 is 0. The number of sulfone groups is 1. The molecule has 1 amide bonds. The molecular weight excluding hydrogens is 562 g/mol. The summed E-state index contributed by atoms with van der Waals surface area (Å²) in [4.78, 5) is 30.5. The molecule has 1 aromatic heterocycles. The molecule has 12 heteroatoms. The number of likely N-dealkylation sites (N-methyl/N-ethyl adjacent to an activating group) is 2. The van der Waals surface area contributed by atoms with Crippen LogP contribution in [0, 0.1) is 11.6 Å². The number of piperazine rings is 1. The van der Waals surface area contributed by atoms with Crippen LogP contribution in [0.1, 0.15) is 17.2 Å². The SMILES string of the molecule is CN1CCN(C(=O)C2=CC(c3cnc4cccc(-c5cc(F)c(CN6CCS(=O)(=O)CC6)c(F)c5)c4n3)CN2C)CC1. The van der Waals surface area contributed by atoms with Gasteiger partial charge in [-0.25, -0.2) is 22.2 Å². The maximum Gasteiger partial charge on any atom is 0.269 e. The second kappa shape index (κ2) is 11.3. The van der Waals surface area contributed by atoms with E-state index in [4.69, 9.17) is 4.98 Å². The lowest BCUT2D eigenvalue weighted by Gasteiger charge is -2.33. The second-order valence-corrected chi connectivity index (χ2v) is 13.8. The lowest BCUT2D eigenvalue weighted by molar-refractivity contribution is -0.130. The van der Waals surface area contributed by atoms with Gasteiger partial charge in [0.1, 0.15) is 11.6 Å². The summed E-state index contributed by atoms with van der Waals surface area (Å²) in [5.74, 6) is -1.54. The summed E-state index contributed by atoms with van der Waals surface area (Å²) < 4.78 is 54.0. The fourth-order valence-electron chi connectivity index (χ4n) is 5.85. The van der Waals surface area contributed by atoms with Crippen LogP contribution in [-0.4, -0.2) is 115 Å². The normalized spacial score (nSPS) is 21.6. The van der Waals surface area contributed by atoms with Crippen molar-refractivity contribution in [1.29, 1.82) is 0 Å². The fraction of sp³-hybridized carbons (Fsp3) is 0.433. The van der Waals surface area contributed by atoms with Crippen molar-refractivity contribution in [3.8, 4) is 11.1 Å². The minimum atomic E-state index is -3.09. The first-order valence-corrected chi connectivity index (χ1v) is 16.0. The van der Waals surface area contributed by atoms with Crippen LogP contribution >= 0.6 is 0 Å². The summed E-state index contributed by atoms with van der Waals surface area (Å²) in [6.45, 7) is 4.14.